The lowest BCUT2D eigenvalue weighted by atomic mass is 9.95. The zero-order chi connectivity index (χ0) is 12.7. The van der Waals surface area contributed by atoms with Gasteiger partial charge in [-0.15, -0.1) is 12.4 Å². The van der Waals surface area contributed by atoms with Crippen LogP contribution < -0.4 is 5.32 Å². The van der Waals surface area contributed by atoms with Gasteiger partial charge in [0.05, 0.1) is 0 Å². The fourth-order valence-corrected chi connectivity index (χ4v) is 2.56. The van der Waals surface area contributed by atoms with E-state index < -0.39 is 0 Å². The normalized spacial score (nSPS) is 16.4. The molecule has 1 fully saturated rings. The van der Waals surface area contributed by atoms with Gasteiger partial charge in [0.1, 0.15) is 0 Å². The molecule has 1 amide bonds. The first-order valence-electron chi connectivity index (χ1n) is 7.22. The molecule has 1 aliphatic rings. The Morgan fingerprint density at radius 1 is 1.22 bits per heavy atom. The maximum Gasteiger partial charge on any atom is 0.225 e. The largest absolute Gasteiger partial charge is 0.342 e. The number of nitrogens with zero attached hydrogens (tertiary/aromatic N) is 1. The highest BCUT2D eigenvalue weighted by Gasteiger charge is 2.25. The van der Waals surface area contributed by atoms with Crippen molar-refractivity contribution in [3.63, 3.8) is 0 Å². The second-order valence-corrected chi connectivity index (χ2v) is 5.08. The van der Waals surface area contributed by atoms with Gasteiger partial charge in [-0.2, -0.15) is 0 Å². The number of rotatable bonds is 6. The lowest BCUT2D eigenvalue weighted by Crippen LogP contribution is -2.42. The molecule has 18 heavy (non-hydrogen) atoms. The topological polar surface area (TPSA) is 32.3 Å². The Balaban J connectivity index is 0.00000289. The standard InChI is InChI=1S/C14H28N2O.ClH/c1-4-12(5-2)11-16(6-3)14(17)13-7-9-15-10-8-13;/h12-13,15H,4-11H2,1-3H3;1H. The predicted molar refractivity (Wildman–Crippen MR) is 79.2 cm³/mol. The molecule has 0 unspecified atom stereocenters. The summed E-state index contributed by atoms with van der Waals surface area (Å²) in [7, 11) is 0. The van der Waals surface area contributed by atoms with Gasteiger partial charge >= 0.3 is 0 Å². The van der Waals surface area contributed by atoms with Crippen molar-refractivity contribution in [2.75, 3.05) is 26.2 Å². The highest BCUT2D eigenvalue weighted by molar-refractivity contribution is 5.85. The molecule has 0 aromatic heterocycles. The van der Waals surface area contributed by atoms with Gasteiger partial charge in [-0.1, -0.05) is 26.7 Å². The quantitative estimate of drug-likeness (QED) is 0.809. The lowest BCUT2D eigenvalue weighted by Gasteiger charge is -2.31. The zero-order valence-corrected chi connectivity index (χ0v) is 12.9. The Bertz CT molecular complexity index is 226. The summed E-state index contributed by atoms with van der Waals surface area (Å²) in [5, 5.41) is 3.32. The molecule has 0 bridgehead atoms. The Morgan fingerprint density at radius 2 is 1.78 bits per heavy atom. The minimum Gasteiger partial charge on any atom is -0.342 e. The van der Waals surface area contributed by atoms with Gasteiger partial charge in [0.25, 0.3) is 0 Å². The van der Waals surface area contributed by atoms with Crippen molar-refractivity contribution in [2.45, 2.75) is 46.5 Å². The molecule has 0 radical (unpaired) electrons. The van der Waals surface area contributed by atoms with E-state index in [0.29, 0.717) is 11.8 Å². The number of carbonyl (C=O) groups excluding carboxylic acids is 1. The molecule has 108 valence electrons. The van der Waals surface area contributed by atoms with Crippen LogP contribution in [0.5, 0.6) is 0 Å². The molecule has 0 spiro atoms. The average molecular weight is 277 g/mol. The van der Waals surface area contributed by atoms with E-state index >= 15 is 0 Å². The van der Waals surface area contributed by atoms with Crippen LogP contribution in [0.4, 0.5) is 0 Å². The molecule has 1 heterocycles. The van der Waals surface area contributed by atoms with Crippen molar-refractivity contribution in [1.29, 1.82) is 0 Å². The Hall–Kier alpha value is -0.280. The van der Waals surface area contributed by atoms with Crippen molar-refractivity contribution in [1.82, 2.24) is 10.2 Å². The summed E-state index contributed by atoms with van der Waals surface area (Å²) in [4.78, 5) is 14.5. The van der Waals surface area contributed by atoms with Gasteiger partial charge in [0, 0.05) is 19.0 Å². The molecule has 0 saturated carbocycles. The third-order valence-electron chi connectivity index (χ3n) is 4.02. The van der Waals surface area contributed by atoms with Gasteiger partial charge in [0.15, 0.2) is 0 Å². The van der Waals surface area contributed by atoms with Crippen LogP contribution in [0.2, 0.25) is 0 Å². The SMILES string of the molecule is CCC(CC)CN(CC)C(=O)C1CCNCC1.Cl. The molecule has 3 nitrogen and oxygen atoms in total. The maximum atomic E-state index is 12.4. The molecule has 1 saturated heterocycles. The first-order chi connectivity index (χ1) is 8.22. The second-order valence-electron chi connectivity index (χ2n) is 5.08. The minimum atomic E-state index is 0. The number of hydrogen-bond donors (Lipinski definition) is 1. The van der Waals surface area contributed by atoms with Crippen LogP contribution >= 0.6 is 12.4 Å². The van der Waals surface area contributed by atoms with Crippen LogP contribution in [0.15, 0.2) is 0 Å². The number of halogens is 1. The average Bonchev–Trinajstić information content (AvgIpc) is 2.40. The lowest BCUT2D eigenvalue weighted by molar-refractivity contribution is -0.136. The third-order valence-corrected chi connectivity index (χ3v) is 4.02. The van der Waals surface area contributed by atoms with E-state index in [1.807, 2.05) is 0 Å². The van der Waals surface area contributed by atoms with Crippen LogP contribution in [0.3, 0.4) is 0 Å². The molecule has 1 N–H and O–H groups in total. The van der Waals surface area contributed by atoms with Crippen molar-refractivity contribution >= 4 is 18.3 Å². The van der Waals surface area contributed by atoms with Gasteiger partial charge in [-0.25, -0.2) is 0 Å². The molecule has 4 heteroatoms. The fraction of sp³-hybridized carbons (Fsp3) is 0.929. The molecule has 0 atom stereocenters. The highest BCUT2D eigenvalue weighted by Crippen LogP contribution is 2.17. The van der Waals surface area contributed by atoms with E-state index in [-0.39, 0.29) is 18.3 Å². The van der Waals surface area contributed by atoms with Gasteiger partial charge < -0.3 is 10.2 Å². The zero-order valence-electron chi connectivity index (χ0n) is 12.1. The summed E-state index contributed by atoms with van der Waals surface area (Å²) < 4.78 is 0. The summed E-state index contributed by atoms with van der Waals surface area (Å²) in [6, 6.07) is 0. The van der Waals surface area contributed by atoms with E-state index in [2.05, 4.69) is 31.0 Å². The Labute approximate surface area is 118 Å². The third kappa shape index (κ3) is 5.15. The van der Waals surface area contributed by atoms with Crippen molar-refractivity contribution in [2.24, 2.45) is 11.8 Å². The Morgan fingerprint density at radius 3 is 2.22 bits per heavy atom. The van der Waals surface area contributed by atoms with Gasteiger partial charge in [-0.05, 0) is 38.8 Å². The maximum absolute atomic E-state index is 12.4. The number of carbonyl (C=O) groups is 1. The molecule has 1 aliphatic heterocycles. The van der Waals surface area contributed by atoms with Crippen molar-refractivity contribution in [3.05, 3.63) is 0 Å². The molecule has 1 rings (SSSR count). The van der Waals surface area contributed by atoms with E-state index in [4.69, 9.17) is 0 Å². The number of piperidine rings is 1. The van der Waals surface area contributed by atoms with Crippen molar-refractivity contribution in [3.8, 4) is 0 Å². The molecular formula is C14H29ClN2O. The monoisotopic (exact) mass is 276 g/mol. The number of hydrogen-bond acceptors (Lipinski definition) is 2. The molecule has 0 aliphatic carbocycles. The molecule has 0 aromatic rings. The predicted octanol–water partition coefficient (Wildman–Crippen LogP) is 2.69. The van der Waals surface area contributed by atoms with E-state index in [9.17, 15) is 4.79 Å². The van der Waals surface area contributed by atoms with E-state index in [0.717, 1.165) is 39.0 Å². The summed E-state index contributed by atoms with van der Waals surface area (Å²) in [5.74, 6) is 1.33. The Kier molecular flexibility index (Phi) is 9.47. The smallest absolute Gasteiger partial charge is 0.225 e. The number of nitrogens with one attached hydrogen (secondary N) is 1. The summed E-state index contributed by atoms with van der Waals surface area (Å²) >= 11 is 0. The van der Waals surface area contributed by atoms with E-state index in [1.54, 1.807) is 0 Å². The first kappa shape index (κ1) is 17.7. The van der Waals surface area contributed by atoms with Crippen LogP contribution in [0.1, 0.15) is 46.5 Å². The highest BCUT2D eigenvalue weighted by atomic mass is 35.5. The van der Waals surface area contributed by atoms with Crippen LogP contribution in [-0.2, 0) is 4.79 Å². The van der Waals surface area contributed by atoms with Crippen LogP contribution in [-0.4, -0.2) is 37.0 Å². The van der Waals surface area contributed by atoms with Crippen molar-refractivity contribution < 1.29 is 4.79 Å². The number of amides is 1. The van der Waals surface area contributed by atoms with E-state index in [1.165, 1.54) is 12.8 Å². The van der Waals surface area contributed by atoms with Crippen LogP contribution in [0, 0.1) is 11.8 Å². The first-order valence-corrected chi connectivity index (χ1v) is 7.22. The fourth-order valence-electron chi connectivity index (χ4n) is 2.56. The second kappa shape index (κ2) is 9.62. The summed E-state index contributed by atoms with van der Waals surface area (Å²) in [6.45, 7) is 10.3. The van der Waals surface area contributed by atoms with Gasteiger partial charge in [0.2, 0.25) is 5.91 Å². The molecule has 0 aromatic carbocycles. The van der Waals surface area contributed by atoms with Gasteiger partial charge in [-0.3, -0.25) is 4.79 Å². The summed E-state index contributed by atoms with van der Waals surface area (Å²) in [5.41, 5.74) is 0. The van der Waals surface area contributed by atoms with Crippen LogP contribution in [0.25, 0.3) is 0 Å². The minimum absolute atomic E-state index is 0. The molecular weight excluding hydrogens is 248 g/mol. The summed E-state index contributed by atoms with van der Waals surface area (Å²) in [6.07, 6.45) is 4.37.